The number of benzene rings is 1. The van der Waals surface area contributed by atoms with Gasteiger partial charge in [-0.1, -0.05) is 11.2 Å². The number of carbonyl (C=O) groups excluding carboxylic acids is 1. The summed E-state index contributed by atoms with van der Waals surface area (Å²) in [7, 11) is 1.32. The third-order valence-corrected chi connectivity index (χ3v) is 2.54. The van der Waals surface area contributed by atoms with Crippen LogP contribution in [0.3, 0.4) is 0 Å². The Morgan fingerprint density at radius 2 is 2.05 bits per heavy atom. The van der Waals surface area contributed by atoms with E-state index < -0.39 is 17.6 Å². The first-order valence-corrected chi connectivity index (χ1v) is 5.53. The summed E-state index contributed by atoms with van der Waals surface area (Å²) < 4.78 is 43.1. The average molecular weight is 285 g/mol. The van der Waals surface area contributed by atoms with Crippen LogP contribution in [-0.2, 0) is 6.18 Å². The van der Waals surface area contributed by atoms with Crippen molar-refractivity contribution >= 4 is 17.4 Å². The quantitative estimate of drug-likeness (QED) is 0.909. The topological polar surface area (TPSA) is 67.2 Å². The lowest BCUT2D eigenvalue weighted by Crippen LogP contribution is -2.17. The van der Waals surface area contributed by atoms with Crippen LogP contribution in [0.15, 0.2) is 35.1 Å². The second-order valence-electron chi connectivity index (χ2n) is 3.81. The molecule has 20 heavy (non-hydrogen) atoms. The smallest absolute Gasteiger partial charge is 0.387 e. The van der Waals surface area contributed by atoms with E-state index in [1.807, 2.05) is 0 Å². The fourth-order valence-corrected chi connectivity index (χ4v) is 1.71. The Morgan fingerprint density at radius 1 is 1.30 bits per heavy atom. The Morgan fingerprint density at radius 3 is 2.60 bits per heavy atom. The van der Waals surface area contributed by atoms with E-state index in [0.717, 1.165) is 6.07 Å². The molecule has 1 heterocycles. The predicted molar refractivity (Wildman–Crippen MR) is 65.4 cm³/mol. The van der Waals surface area contributed by atoms with E-state index in [4.69, 9.17) is 0 Å². The van der Waals surface area contributed by atoms with Crippen LogP contribution in [0.5, 0.6) is 0 Å². The van der Waals surface area contributed by atoms with Gasteiger partial charge in [0.2, 0.25) is 0 Å². The Kier molecular flexibility index (Phi) is 3.64. The number of nitrogens with one attached hydrogen (secondary N) is 2. The summed E-state index contributed by atoms with van der Waals surface area (Å²) in [6, 6.07) is 4.74. The van der Waals surface area contributed by atoms with Gasteiger partial charge >= 0.3 is 6.18 Å². The molecule has 2 rings (SSSR count). The van der Waals surface area contributed by atoms with Gasteiger partial charge in [-0.3, -0.25) is 4.79 Å². The van der Waals surface area contributed by atoms with Crippen molar-refractivity contribution in [2.24, 2.45) is 0 Å². The van der Waals surface area contributed by atoms with E-state index in [9.17, 15) is 18.0 Å². The predicted octanol–water partition coefficient (Wildman–Crippen LogP) is 2.99. The fourth-order valence-electron chi connectivity index (χ4n) is 1.71. The molecule has 0 atom stereocenters. The van der Waals surface area contributed by atoms with Gasteiger partial charge in [0.05, 0.1) is 16.8 Å². The first-order valence-electron chi connectivity index (χ1n) is 5.53. The first kappa shape index (κ1) is 13.9. The Hall–Kier alpha value is -2.51. The van der Waals surface area contributed by atoms with Gasteiger partial charge in [0.1, 0.15) is 6.26 Å². The van der Waals surface area contributed by atoms with Crippen LogP contribution in [0.1, 0.15) is 15.9 Å². The normalized spacial score (nSPS) is 11.2. The lowest BCUT2D eigenvalue weighted by Gasteiger charge is -2.15. The van der Waals surface area contributed by atoms with Gasteiger partial charge in [-0.15, -0.1) is 0 Å². The lowest BCUT2D eigenvalue weighted by molar-refractivity contribution is -0.136. The standard InChI is InChI=1S/C12H10F3N3O2/c1-16-10-7(3-2-4-8(10)12(13,14)15)11(19)17-9-5-6-20-18-9/h2-6,16H,1H3,(H,17,18,19). The second kappa shape index (κ2) is 5.24. The number of hydrogen-bond donors (Lipinski definition) is 2. The number of carbonyl (C=O) groups is 1. The minimum Gasteiger partial charge on any atom is -0.387 e. The maximum absolute atomic E-state index is 12.9. The number of anilines is 2. The molecule has 8 heteroatoms. The third-order valence-electron chi connectivity index (χ3n) is 2.54. The van der Waals surface area contributed by atoms with E-state index in [1.54, 1.807) is 0 Å². The van der Waals surface area contributed by atoms with Crippen LogP contribution >= 0.6 is 0 Å². The lowest BCUT2D eigenvalue weighted by atomic mass is 10.1. The van der Waals surface area contributed by atoms with Gasteiger partial charge in [-0.2, -0.15) is 13.2 Å². The molecule has 106 valence electrons. The minimum atomic E-state index is -4.55. The molecule has 0 saturated carbocycles. The fraction of sp³-hybridized carbons (Fsp3) is 0.167. The molecule has 1 aromatic carbocycles. The molecule has 0 radical (unpaired) electrons. The molecular formula is C12H10F3N3O2. The Bertz CT molecular complexity index is 609. The zero-order valence-corrected chi connectivity index (χ0v) is 10.3. The molecule has 0 saturated heterocycles. The van der Waals surface area contributed by atoms with Gasteiger partial charge in [-0.25, -0.2) is 0 Å². The van der Waals surface area contributed by atoms with E-state index >= 15 is 0 Å². The molecular weight excluding hydrogens is 275 g/mol. The maximum Gasteiger partial charge on any atom is 0.418 e. The zero-order chi connectivity index (χ0) is 14.8. The molecule has 0 aliphatic carbocycles. The van der Waals surface area contributed by atoms with Crippen molar-refractivity contribution in [1.29, 1.82) is 0 Å². The summed E-state index contributed by atoms with van der Waals surface area (Å²) in [6.07, 6.45) is -3.32. The van der Waals surface area contributed by atoms with E-state index in [2.05, 4.69) is 20.3 Å². The van der Waals surface area contributed by atoms with Gasteiger partial charge in [0.15, 0.2) is 5.82 Å². The highest BCUT2D eigenvalue weighted by Crippen LogP contribution is 2.36. The van der Waals surface area contributed by atoms with Crippen LogP contribution < -0.4 is 10.6 Å². The summed E-state index contributed by atoms with van der Waals surface area (Å²) in [5, 5.41) is 8.21. The zero-order valence-electron chi connectivity index (χ0n) is 10.3. The highest BCUT2D eigenvalue weighted by molar-refractivity contribution is 6.08. The largest absolute Gasteiger partial charge is 0.418 e. The SMILES string of the molecule is CNc1c(C(=O)Nc2ccon2)cccc1C(F)(F)F. The number of alkyl halides is 3. The second-order valence-corrected chi connectivity index (χ2v) is 3.81. The molecule has 2 aromatic rings. The summed E-state index contributed by atoms with van der Waals surface area (Å²) in [5.41, 5.74) is -1.33. The maximum atomic E-state index is 12.9. The molecule has 0 aliphatic rings. The van der Waals surface area contributed by atoms with Crippen molar-refractivity contribution < 1.29 is 22.5 Å². The minimum absolute atomic E-state index is 0.120. The van der Waals surface area contributed by atoms with Crippen LogP contribution in [0, 0.1) is 0 Å². The van der Waals surface area contributed by atoms with Crippen molar-refractivity contribution in [3.05, 3.63) is 41.7 Å². The Labute approximate surface area is 111 Å². The van der Waals surface area contributed by atoms with Crippen molar-refractivity contribution in [3.63, 3.8) is 0 Å². The number of amides is 1. The molecule has 1 amide bonds. The number of aromatic nitrogens is 1. The highest BCUT2D eigenvalue weighted by Gasteiger charge is 2.35. The summed E-state index contributed by atoms with van der Waals surface area (Å²) >= 11 is 0. The summed E-state index contributed by atoms with van der Waals surface area (Å²) in [4.78, 5) is 12.0. The van der Waals surface area contributed by atoms with Crippen LogP contribution in [0.4, 0.5) is 24.7 Å². The number of para-hydroxylation sites is 1. The van der Waals surface area contributed by atoms with E-state index in [0.29, 0.717) is 0 Å². The number of halogens is 3. The molecule has 0 unspecified atom stereocenters. The molecule has 5 nitrogen and oxygen atoms in total. The highest BCUT2D eigenvalue weighted by atomic mass is 19.4. The average Bonchev–Trinajstić information content (AvgIpc) is 2.89. The van der Waals surface area contributed by atoms with Gasteiger partial charge in [0.25, 0.3) is 5.91 Å². The van der Waals surface area contributed by atoms with Crippen molar-refractivity contribution in [2.45, 2.75) is 6.18 Å². The first-order chi connectivity index (χ1) is 9.43. The number of rotatable bonds is 3. The molecule has 0 fully saturated rings. The van der Waals surface area contributed by atoms with Gasteiger partial charge in [-0.05, 0) is 12.1 Å². The monoisotopic (exact) mass is 285 g/mol. The number of hydrogen-bond acceptors (Lipinski definition) is 4. The number of nitrogens with zero attached hydrogens (tertiary/aromatic N) is 1. The summed E-state index contributed by atoms with van der Waals surface area (Å²) in [5.74, 6) is -0.594. The molecule has 0 spiro atoms. The van der Waals surface area contributed by atoms with Gasteiger partial charge < -0.3 is 15.2 Å². The van der Waals surface area contributed by atoms with Crippen molar-refractivity contribution in [1.82, 2.24) is 5.16 Å². The third kappa shape index (κ3) is 2.73. The van der Waals surface area contributed by atoms with E-state index in [1.165, 1.54) is 31.5 Å². The van der Waals surface area contributed by atoms with Crippen molar-refractivity contribution in [2.75, 3.05) is 17.7 Å². The molecule has 0 bridgehead atoms. The summed E-state index contributed by atoms with van der Waals surface area (Å²) in [6.45, 7) is 0. The molecule has 2 N–H and O–H groups in total. The Balaban J connectivity index is 2.39. The molecule has 0 aliphatic heterocycles. The van der Waals surface area contributed by atoms with E-state index in [-0.39, 0.29) is 17.1 Å². The van der Waals surface area contributed by atoms with Gasteiger partial charge in [0, 0.05) is 13.1 Å². The van der Waals surface area contributed by atoms with Crippen LogP contribution in [-0.4, -0.2) is 18.1 Å². The molecule has 1 aromatic heterocycles. The van der Waals surface area contributed by atoms with Crippen LogP contribution in [0.25, 0.3) is 0 Å². The van der Waals surface area contributed by atoms with Crippen LogP contribution in [0.2, 0.25) is 0 Å². The van der Waals surface area contributed by atoms with Crippen molar-refractivity contribution in [3.8, 4) is 0 Å².